The topological polar surface area (TPSA) is 55.4 Å². The maximum atomic E-state index is 5.90. The van der Waals surface area contributed by atoms with Crippen molar-refractivity contribution in [1.82, 2.24) is 0 Å². The molecule has 0 spiro atoms. The van der Waals surface area contributed by atoms with E-state index < -0.39 is 8.80 Å². The van der Waals surface area contributed by atoms with Crippen LogP contribution in [0.25, 0.3) is 0 Å². The Labute approximate surface area is 123 Å². The molecule has 0 N–H and O–H groups in total. The summed E-state index contributed by atoms with van der Waals surface area (Å²) in [6.07, 6.45) is 1.79. The van der Waals surface area contributed by atoms with Crippen LogP contribution in [0.1, 0.15) is 6.92 Å². The van der Waals surface area contributed by atoms with Crippen molar-refractivity contribution >= 4 is 8.80 Å². The van der Waals surface area contributed by atoms with E-state index in [-0.39, 0.29) is 5.54 Å². The first-order valence-corrected chi connectivity index (χ1v) is 8.48. The number of rotatable bonds is 14. The number of methoxy groups -OCH3 is 3. The molecule has 0 aliphatic rings. The van der Waals surface area contributed by atoms with Gasteiger partial charge in [0.2, 0.25) is 0 Å². The van der Waals surface area contributed by atoms with Crippen molar-refractivity contribution in [3.8, 4) is 0 Å². The molecule has 0 saturated carbocycles. The van der Waals surface area contributed by atoms with Crippen LogP contribution < -0.4 is 0 Å². The molecule has 20 heavy (non-hydrogen) atoms. The average molecular weight is 308 g/mol. The Morgan fingerprint density at radius 3 is 1.40 bits per heavy atom. The van der Waals surface area contributed by atoms with Gasteiger partial charge in [0.25, 0.3) is 0 Å². The molecule has 120 valence electrons. The molecule has 0 aromatic heterocycles. The number of hydrogen-bond donors (Lipinski definition) is 0. The van der Waals surface area contributed by atoms with Gasteiger partial charge in [-0.05, 0) is 0 Å². The van der Waals surface area contributed by atoms with Crippen molar-refractivity contribution in [2.45, 2.75) is 12.5 Å². The van der Waals surface area contributed by atoms with E-state index in [0.717, 1.165) is 0 Å². The molecule has 0 rings (SSSR count). The summed E-state index contributed by atoms with van der Waals surface area (Å²) >= 11 is 0. The lowest BCUT2D eigenvalue weighted by molar-refractivity contribution is 0.0116. The fourth-order valence-electron chi connectivity index (χ4n) is 1.47. The Morgan fingerprint density at radius 1 is 0.800 bits per heavy atom. The second kappa shape index (κ2) is 12.5. The van der Waals surface area contributed by atoms with E-state index in [1.165, 1.54) is 0 Å². The van der Waals surface area contributed by atoms with Gasteiger partial charge in [0, 0.05) is 26.9 Å². The highest BCUT2D eigenvalue weighted by Gasteiger charge is 2.46. The minimum atomic E-state index is -2.87. The summed E-state index contributed by atoms with van der Waals surface area (Å²) in [5.41, 5.74) is -0.0203. The van der Waals surface area contributed by atoms with E-state index in [1.54, 1.807) is 27.4 Å². The first kappa shape index (κ1) is 19.7. The van der Waals surface area contributed by atoms with E-state index in [2.05, 4.69) is 6.58 Å². The Hall–Kier alpha value is -0.283. The number of allylic oxidation sites excluding steroid dienone is 1. The molecule has 0 fully saturated rings. The molecule has 1 unspecified atom stereocenters. The van der Waals surface area contributed by atoms with Crippen LogP contribution in [0, 0.1) is 0 Å². The van der Waals surface area contributed by atoms with Crippen molar-refractivity contribution in [2.24, 2.45) is 0 Å². The van der Waals surface area contributed by atoms with Crippen LogP contribution in [-0.4, -0.2) is 69.8 Å². The Bertz CT molecular complexity index is 212. The maximum absolute atomic E-state index is 5.90. The summed E-state index contributed by atoms with van der Waals surface area (Å²) in [5.74, 6) is 0. The molecule has 0 aromatic carbocycles. The van der Waals surface area contributed by atoms with Crippen molar-refractivity contribution < 1.29 is 27.5 Å². The quantitative estimate of drug-likeness (QED) is 0.275. The van der Waals surface area contributed by atoms with Crippen molar-refractivity contribution in [3.05, 3.63) is 12.7 Å². The molecule has 0 saturated heterocycles. The summed E-state index contributed by atoms with van der Waals surface area (Å²) in [4.78, 5) is 0. The van der Waals surface area contributed by atoms with E-state index in [9.17, 15) is 0 Å². The lowest BCUT2D eigenvalue weighted by Gasteiger charge is -2.32. The van der Waals surface area contributed by atoms with Crippen LogP contribution in [0.4, 0.5) is 0 Å². The SMILES string of the molecule is C=CC(C)[Si](OCCOC)(OCCOC)OCCOC. The van der Waals surface area contributed by atoms with Gasteiger partial charge in [-0.3, -0.25) is 0 Å². The van der Waals surface area contributed by atoms with Gasteiger partial charge < -0.3 is 27.5 Å². The first-order chi connectivity index (χ1) is 9.66. The third-order valence-electron chi connectivity index (χ3n) is 2.68. The third-order valence-corrected chi connectivity index (χ3v) is 5.85. The number of ether oxygens (including phenoxy) is 3. The predicted molar refractivity (Wildman–Crippen MR) is 78.9 cm³/mol. The Morgan fingerprint density at radius 2 is 1.15 bits per heavy atom. The molecule has 6 nitrogen and oxygen atoms in total. The lowest BCUT2D eigenvalue weighted by Crippen LogP contribution is -2.50. The monoisotopic (exact) mass is 308 g/mol. The third kappa shape index (κ3) is 7.49. The summed E-state index contributed by atoms with van der Waals surface area (Å²) in [5, 5.41) is 0. The van der Waals surface area contributed by atoms with Crippen LogP contribution in [0.2, 0.25) is 5.54 Å². The fourth-order valence-corrected chi connectivity index (χ4v) is 3.90. The largest absolute Gasteiger partial charge is 0.508 e. The van der Waals surface area contributed by atoms with Crippen LogP contribution in [0.3, 0.4) is 0 Å². The van der Waals surface area contributed by atoms with Gasteiger partial charge in [0.05, 0.1) is 39.6 Å². The van der Waals surface area contributed by atoms with E-state index in [1.807, 2.05) is 6.92 Å². The van der Waals surface area contributed by atoms with Gasteiger partial charge in [-0.1, -0.05) is 13.0 Å². The summed E-state index contributed by atoms with van der Waals surface area (Å²) in [6.45, 7) is 8.50. The first-order valence-electron chi connectivity index (χ1n) is 6.68. The molecule has 0 heterocycles. The Balaban J connectivity index is 4.70. The normalized spacial score (nSPS) is 13.4. The highest BCUT2D eigenvalue weighted by atomic mass is 28.4. The molecule has 1 atom stereocenters. The Kier molecular flexibility index (Phi) is 12.3. The lowest BCUT2D eigenvalue weighted by atomic mass is 10.5. The molecule has 0 amide bonds. The summed E-state index contributed by atoms with van der Waals surface area (Å²) < 4.78 is 32.7. The zero-order valence-corrected chi connectivity index (χ0v) is 14.1. The summed E-state index contributed by atoms with van der Waals surface area (Å²) in [7, 11) is 2.01. The smallest absolute Gasteiger partial charge is 0.382 e. The van der Waals surface area contributed by atoms with Gasteiger partial charge in [-0.2, -0.15) is 0 Å². The highest BCUT2D eigenvalue weighted by Crippen LogP contribution is 2.26. The second-order valence-electron chi connectivity index (χ2n) is 4.15. The predicted octanol–water partition coefficient (Wildman–Crippen LogP) is 1.49. The van der Waals surface area contributed by atoms with Crippen molar-refractivity contribution in [1.29, 1.82) is 0 Å². The minimum Gasteiger partial charge on any atom is -0.382 e. The molecular weight excluding hydrogens is 280 g/mol. The molecular formula is C13H28O6Si. The average Bonchev–Trinajstić information content (AvgIpc) is 2.46. The molecule has 0 radical (unpaired) electrons. The van der Waals surface area contributed by atoms with Gasteiger partial charge in [0.1, 0.15) is 0 Å². The van der Waals surface area contributed by atoms with Crippen LogP contribution in [0.15, 0.2) is 12.7 Å². The molecule has 0 aliphatic heterocycles. The number of hydrogen-bond acceptors (Lipinski definition) is 6. The second-order valence-corrected chi connectivity index (χ2v) is 7.14. The zero-order valence-electron chi connectivity index (χ0n) is 13.1. The summed E-state index contributed by atoms with van der Waals surface area (Å²) in [6, 6.07) is 0. The maximum Gasteiger partial charge on any atom is 0.508 e. The highest BCUT2D eigenvalue weighted by molar-refractivity contribution is 6.62. The van der Waals surface area contributed by atoms with Gasteiger partial charge in [-0.25, -0.2) is 0 Å². The van der Waals surface area contributed by atoms with Crippen LogP contribution in [0.5, 0.6) is 0 Å². The van der Waals surface area contributed by atoms with Crippen molar-refractivity contribution in [3.63, 3.8) is 0 Å². The molecule has 7 heteroatoms. The molecule has 0 bridgehead atoms. The van der Waals surface area contributed by atoms with Crippen LogP contribution in [-0.2, 0) is 27.5 Å². The van der Waals surface area contributed by atoms with Crippen molar-refractivity contribution in [2.75, 3.05) is 61.0 Å². The van der Waals surface area contributed by atoms with Gasteiger partial charge in [0.15, 0.2) is 0 Å². The fraction of sp³-hybridized carbons (Fsp3) is 0.846. The van der Waals surface area contributed by atoms with E-state index >= 15 is 0 Å². The minimum absolute atomic E-state index is 0.0203. The standard InChI is InChI=1S/C13H28O6Si/c1-6-13(2)20(17-10-7-14-3,18-11-8-15-4)19-12-9-16-5/h6,13H,1,7-12H2,2-5H3. The van der Waals surface area contributed by atoms with E-state index in [0.29, 0.717) is 39.6 Å². The van der Waals surface area contributed by atoms with Gasteiger partial charge in [-0.15, -0.1) is 6.58 Å². The van der Waals surface area contributed by atoms with Crippen LogP contribution >= 0.6 is 0 Å². The van der Waals surface area contributed by atoms with E-state index in [4.69, 9.17) is 27.5 Å². The zero-order chi connectivity index (χ0) is 15.3. The van der Waals surface area contributed by atoms with Gasteiger partial charge >= 0.3 is 8.80 Å². The molecule has 0 aromatic rings. The molecule has 0 aliphatic carbocycles.